The minimum Gasteiger partial charge on any atom is -0.342 e. The molecule has 4 nitrogen and oxygen atoms in total. The van der Waals surface area contributed by atoms with Crippen molar-refractivity contribution in [2.45, 2.75) is 77.4 Å². The van der Waals surface area contributed by atoms with Crippen molar-refractivity contribution in [3.63, 3.8) is 0 Å². The number of amides is 2. The molecule has 4 heteroatoms. The summed E-state index contributed by atoms with van der Waals surface area (Å²) in [6.07, 6.45) is 4.41. The highest BCUT2D eigenvalue weighted by atomic mass is 16.2. The molecule has 108 valence electrons. The Labute approximate surface area is 115 Å². The normalized spacial score (nSPS) is 32.5. The molecular weight excluding hydrogens is 240 g/mol. The highest BCUT2D eigenvalue weighted by molar-refractivity contribution is 5.94. The van der Waals surface area contributed by atoms with Crippen molar-refractivity contribution >= 4 is 11.8 Å². The monoisotopic (exact) mass is 266 g/mol. The topological polar surface area (TPSA) is 49.4 Å². The zero-order chi connectivity index (χ0) is 14.2. The maximum atomic E-state index is 13.0. The molecule has 2 amide bonds. The van der Waals surface area contributed by atoms with E-state index in [0.717, 1.165) is 25.7 Å². The van der Waals surface area contributed by atoms with Gasteiger partial charge in [-0.25, -0.2) is 0 Å². The lowest BCUT2D eigenvalue weighted by Crippen LogP contribution is -2.59. The molecule has 2 unspecified atom stereocenters. The molecule has 1 heterocycles. The SMILES string of the molecule is CCC(CC)N1C(=O)C(C)(C2CC2)NC(=O)CC1C. The summed E-state index contributed by atoms with van der Waals surface area (Å²) in [5.74, 6) is 0.469. The Balaban J connectivity index is 2.34. The Bertz CT molecular complexity index is 374. The molecule has 1 N–H and O–H groups in total. The molecule has 0 aromatic carbocycles. The minimum absolute atomic E-state index is 0.00188. The minimum atomic E-state index is -0.676. The predicted octanol–water partition coefficient (Wildman–Crippen LogP) is 2.08. The van der Waals surface area contributed by atoms with E-state index >= 15 is 0 Å². The largest absolute Gasteiger partial charge is 0.342 e. The fraction of sp³-hybridized carbons (Fsp3) is 0.867. The zero-order valence-corrected chi connectivity index (χ0v) is 12.5. The Kier molecular flexibility index (Phi) is 3.88. The number of hydrogen-bond donors (Lipinski definition) is 1. The Morgan fingerprint density at radius 2 is 1.89 bits per heavy atom. The molecule has 0 bridgehead atoms. The van der Waals surface area contributed by atoms with Crippen molar-refractivity contribution < 1.29 is 9.59 Å². The summed E-state index contributed by atoms with van der Waals surface area (Å²) >= 11 is 0. The summed E-state index contributed by atoms with van der Waals surface area (Å²) < 4.78 is 0. The highest BCUT2D eigenvalue weighted by Gasteiger charge is 2.52. The van der Waals surface area contributed by atoms with Gasteiger partial charge in [-0.2, -0.15) is 0 Å². The van der Waals surface area contributed by atoms with Gasteiger partial charge in [-0.05, 0) is 45.4 Å². The zero-order valence-electron chi connectivity index (χ0n) is 12.5. The van der Waals surface area contributed by atoms with E-state index in [1.165, 1.54) is 0 Å². The van der Waals surface area contributed by atoms with E-state index in [1.54, 1.807) is 0 Å². The van der Waals surface area contributed by atoms with Crippen LogP contribution in [0, 0.1) is 5.92 Å². The van der Waals surface area contributed by atoms with Crippen LogP contribution in [-0.4, -0.2) is 34.3 Å². The van der Waals surface area contributed by atoms with Crippen molar-refractivity contribution in [1.82, 2.24) is 10.2 Å². The van der Waals surface area contributed by atoms with E-state index in [9.17, 15) is 9.59 Å². The average Bonchev–Trinajstić information content (AvgIpc) is 3.17. The van der Waals surface area contributed by atoms with Gasteiger partial charge in [-0.15, -0.1) is 0 Å². The summed E-state index contributed by atoms with van der Waals surface area (Å²) in [6, 6.07) is 0.242. The van der Waals surface area contributed by atoms with Crippen LogP contribution in [0.5, 0.6) is 0 Å². The maximum Gasteiger partial charge on any atom is 0.248 e. The third-order valence-corrected chi connectivity index (χ3v) is 4.76. The lowest BCUT2D eigenvalue weighted by molar-refractivity contribution is -0.143. The number of nitrogens with one attached hydrogen (secondary N) is 1. The molecule has 2 aliphatic rings. The van der Waals surface area contributed by atoms with Crippen molar-refractivity contribution in [2.75, 3.05) is 0 Å². The second kappa shape index (κ2) is 5.14. The lowest BCUT2D eigenvalue weighted by Gasteiger charge is -2.39. The van der Waals surface area contributed by atoms with Crippen molar-refractivity contribution in [1.29, 1.82) is 0 Å². The van der Waals surface area contributed by atoms with E-state index in [-0.39, 0.29) is 23.9 Å². The molecule has 2 atom stereocenters. The van der Waals surface area contributed by atoms with Crippen LogP contribution in [0.15, 0.2) is 0 Å². The molecule has 1 aliphatic heterocycles. The van der Waals surface area contributed by atoms with Gasteiger partial charge in [0.1, 0.15) is 5.54 Å². The van der Waals surface area contributed by atoms with Gasteiger partial charge in [0.05, 0.1) is 0 Å². The van der Waals surface area contributed by atoms with Crippen molar-refractivity contribution in [2.24, 2.45) is 5.92 Å². The van der Waals surface area contributed by atoms with Gasteiger partial charge in [0.25, 0.3) is 0 Å². The van der Waals surface area contributed by atoms with E-state index in [2.05, 4.69) is 19.2 Å². The molecule has 1 saturated carbocycles. The molecule has 0 aromatic heterocycles. The maximum absolute atomic E-state index is 13.0. The van der Waals surface area contributed by atoms with Gasteiger partial charge < -0.3 is 10.2 Å². The van der Waals surface area contributed by atoms with Gasteiger partial charge >= 0.3 is 0 Å². The smallest absolute Gasteiger partial charge is 0.248 e. The van der Waals surface area contributed by atoms with Crippen LogP contribution >= 0.6 is 0 Å². The van der Waals surface area contributed by atoms with E-state index in [1.807, 2.05) is 18.7 Å². The number of carbonyl (C=O) groups excluding carboxylic acids is 2. The number of nitrogens with zero attached hydrogens (tertiary/aromatic N) is 1. The first-order valence-corrected chi connectivity index (χ1v) is 7.57. The van der Waals surface area contributed by atoms with Crippen LogP contribution in [0.1, 0.15) is 59.8 Å². The molecule has 0 aromatic rings. The van der Waals surface area contributed by atoms with Crippen molar-refractivity contribution in [3.8, 4) is 0 Å². The second-order valence-corrected chi connectivity index (χ2v) is 6.26. The number of hydrogen-bond acceptors (Lipinski definition) is 2. The van der Waals surface area contributed by atoms with Crippen LogP contribution in [-0.2, 0) is 9.59 Å². The summed E-state index contributed by atoms with van der Waals surface area (Å²) in [5.41, 5.74) is -0.676. The molecule has 2 rings (SSSR count). The van der Waals surface area contributed by atoms with Gasteiger partial charge in [0, 0.05) is 18.5 Å². The molecule has 2 fully saturated rings. The van der Waals surface area contributed by atoms with Gasteiger partial charge in [-0.1, -0.05) is 13.8 Å². The molecule has 19 heavy (non-hydrogen) atoms. The summed E-state index contributed by atoms with van der Waals surface area (Å²) in [6.45, 7) is 8.14. The Morgan fingerprint density at radius 3 is 2.37 bits per heavy atom. The fourth-order valence-corrected chi connectivity index (χ4v) is 3.37. The number of rotatable bonds is 4. The first-order chi connectivity index (χ1) is 8.93. The van der Waals surface area contributed by atoms with Crippen LogP contribution in [0.4, 0.5) is 0 Å². The summed E-state index contributed by atoms with van der Waals surface area (Å²) in [5, 5.41) is 3.00. The Hall–Kier alpha value is -1.06. The van der Waals surface area contributed by atoms with E-state index < -0.39 is 5.54 Å². The van der Waals surface area contributed by atoms with Crippen molar-refractivity contribution in [3.05, 3.63) is 0 Å². The third kappa shape index (κ3) is 2.49. The highest BCUT2D eigenvalue weighted by Crippen LogP contribution is 2.42. The standard InChI is InChI=1S/C15H26N2O2/c1-5-12(6-2)17-10(3)9-13(18)16-15(4,14(17)19)11-7-8-11/h10-12H,5-9H2,1-4H3,(H,16,18). The second-order valence-electron chi connectivity index (χ2n) is 6.26. The van der Waals surface area contributed by atoms with Gasteiger partial charge in [-0.3, -0.25) is 9.59 Å². The lowest BCUT2D eigenvalue weighted by atomic mass is 9.92. The van der Waals surface area contributed by atoms with Gasteiger partial charge in [0.15, 0.2) is 0 Å². The van der Waals surface area contributed by atoms with Crippen LogP contribution in [0.3, 0.4) is 0 Å². The van der Waals surface area contributed by atoms with Crippen LogP contribution in [0.2, 0.25) is 0 Å². The third-order valence-electron chi connectivity index (χ3n) is 4.76. The molecule has 1 saturated heterocycles. The summed E-state index contributed by atoms with van der Waals surface area (Å²) in [4.78, 5) is 27.0. The van der Waals surface area contributed by atoms with E-state index in [0.29, 0.717) is 12.3 Å². The number of carbonyl (C=O) groups is 2. The molecular formula is C15H26N2O2. The first-order valence-electron chi connectivity index (χ1n) is 7.57. The fourth-order valence-electron chi connectivity index (χ4n) is 3.37. The first kappa shape index (κ1) is 14.4. The molecule has 0 spiro atoms. The quantitative estimate of drug-likeness (QED) is 0.847. The van der Waals surface area contributed by atoms with E-state index in [4.69, 9.17) is 0 Å². The average molecular weight is 266 g/mol. The molecule has 1 aliphatic carbocycles. The Morgan fingerprint density at radius 1 is 1.32 bits per heavy atom. The summed E-state index contributed by atoms with van der Waals surface area (Å²) in [7, 11) is 0. The van der Waals surface area contributed by atoms with Crippen LogP contribution < -0.4 is 5.32 Å². The molecule has 0 radical (unpaired) electrons. The predicted molar refractivity (Wildman–Crippen MR) is 74.6 cm³/mol. The van der Waals surface area contributed by atoms with Crippen LogP contribution in [0.25, 0.3) is 0 Å². The van der Waals surface area contributed by atoms with Gasteiger partial charge in [0.2, 0.25) is 11.8 Å².